The molecular formula is C12H10BrNO. The van der Waals surface area contributed by atoms with E-state index in [4.69, 9.17) is 4.74 Å². The number of rotatable bonds is 2. The van der Waals surface area contributed by atoms with Crippen LogP contribution in [0.4, 0.5) is 0 Å². The van der Waals surface area contributed by atoms with Gasteiger partial charge < -0.3 is 4.74 Å². The summed E-state index contributed by atoms with van der Waals surface area (Å²) in [5.74, 6) is 1.43. The Bertz CT molecular complexity index is 471. The second kappa shape index (κ2) is 4.45. The minimum atomic E-state index is 0.649. The van der Waals surface area contributed by atoms with Crippen molar-refractivity contribution in [2.24, 2.45) is 0 Å². The van der Waals surface area contributed by atoms with E-state index in [1.165, 1.54) is 0 Å². The van der Waals surface area contributed by atoms with Crippen molar-refractivity contribution < 1.29 is 4.74 Å². The van der Waals surface area contributed by atoms with Gasteiger partial charge in [0.05, 0.1) is 0 Å². The van der Waals surface area contributed by atoms with Gasteiger partial charge >= 0.3 is 0 Å². The van der Waals surface area contributed by atoms with Gasteiger partial charge in [0, 0.05) is 16.2 Å². The van der Waals surface area contributed by atoms with E-state index in [2.05, 4.69) is 20.9 Å². The van der Waals surface area contributed by atoms with Gasteiger partial charge in [-0.2, -0.15) is 0 Å². The lowest BCUT2D eigenvalue weighted by molar-refractivity contribution is 0.458. The maximum Gasteiger partial charge on any atom is 0.222 e. The third-order valence-corrected chi connectivity index (χ3v) is 2.47. The molecule has 3 heteroatoms. The summed E-state index contributed by atoms with van der Waals surface area (Å²) >= 11 is 3.39. The summed E-state index contributed by atoms with van der Waals surface area (Å²) in [6.07, 6.45) is 1.72. The van der Waals surface area contributed by atoms with Crippen LogP contribution in [0.3, 0.4) is 0 Å². The minimum absolute atomic E-state index is 0.649. The topological polar surface area (TPSA) is 22.1 Å². The molecule has 0 saturated heterocycles. The summed E-state index contributed by atoms with van der Waals surface area (Å²) in [6, 6.07) is 11.6. The predicted molar refractivity (Wildman–Crippen MR) is 63.2 cm³/mol. The maximum atomic E-state index is 5.65. The smallest absolute Gasteiger partial charge is 0.222 e. The molecule has 2 nitrogen and oxygen atoms in total. The van der Waals surface area contributed by atoms with Gasteiger partial charge in [0.1, 0.15) is 5.75 Å². The molecule has 76 valence electrons. The molecule has 15 heavy (non-hydrogen) atoms. The van der Waals surface area contributed by atoms with Gasteiger partial charge in [-0.25, -0.2) is 4.98 Å². The van der Waals surface area contributed by atoms with Crippen LogP contribution in [0, 0.1) is 6.92 Å². The number of ether oxygens (including phenoxy) is 1. The first-order valence-corrected chi connectivity index (χ1v) is 5.40. The number of halogens is 1. The van der Waals surface area contributed by atoms with Crippen LogP contribution >= 0.6 is 15.9 Å². The molecule has 0 amide bonds. The lowest BCUT2D eigenvalue weighted by atomic mass is 10.3. The Morgan fingerprint density at radius 3 is 2.80 bits per heavy atom. The van der Waals surface area contributed by atoms with Crippen LogP contribution in [0.15, 0.2) is 47.1 Å². The summed E-state index contributed by atoms with van der Waals surface area (Å²) in [5.41, 5.74) is 1.03. The van der Waals surface area contributed by atoms with Crippen molar-refractivity contribution in [1.29, 1.82) is 0 Å². The first kappa shape index (κ1) is 10.2. The fraction of sp³-hybridized carbons (Fsp3) is 0.0833. The average Bonchev–Trinajstić information content (AvgIpc) is 2.22. The van der Waals surface area contributed by atoms with Crippen LogP contribution in [-0.4, -0.2) is 4.98 Å². The van der Waals surface area contributed by atoms with E-state index < -0.39 is 0 Å². The van der Waals surface area contributed by atoms with E-state index in [-0.39, 0.29) is 0 Å². The monoisotopic (exact) mass is 263 g/mol. The van der Waals surface area contributed by atoms with Crippen molar-refractivity contribution >= 4 is 15.9 Å². The molecule has 0 aliphatic carbocycles. The van der Waals surface area contributed by atoms with Crippen LogP contribution in [0.5, 0.6) is 11.6 Å². The molecular weight excluding hydrogens is 254 g/mol. The van der Waals surface area contributed by atoms with E-state index in [1.807, 2.05) is 43.3 Å². The van der Waals surface area contributed by atoms with Crippen LogP contribution < -0.4 is 4.74 Å². The molecule has 0 N–H and O–H groups in total. The molecule has 0 atom stereocenters. The molecule has 2 rings (SSSR count). The number of nitrogens with zero attached hydrogens (tertiary/aromatic N) is 1. The van der Waals surface area contributed by atoms with Gasteiger partial charge in [0.15, 0.2) is 0 Å². The van der Waals surface area contributed by atoms with E-state index in [0.717, 1.165) is 15.8 Å². The van der Waals surface area contributed by atoms with Crippen molar-refractivity contribution in [1.82, 2.24) is 4.98 Å². The van der Waals surface area contributed by atoms with Crippen LogP contribution in [0.25, 0.3) is 0 Å². The molecule has 1 aromatic carbocycles. The molecule has 2 aromatic rings. The predicted octanol–water partition coefficient (Wildman–Crippen LogP) is 3.94. The van der Waals surface area contributed by atoms with Crippen molar-refractivity contribution in [2.75, 3.05) is 0 Å². The number of pyridine rings is 1. The quantitative estimate of drug-likeness (QED) is 0.819. The number of benzene rings is 1. The molecule has 0 unspecified atom stereocenters. The summed E-state index contributed by atoms with van der Waals surface area (Å²) in [5, 5.41) is 0. The van der Waals surface area contributed by atoms with Crippen LogP contribution in [0.1, 0.15) is 5.56 Å². The van der Waals surface area contributed by atoms with E-state index in [0.29, 0.717) is 5.88 Å². The molecule has 0 fully saturated rings. The second-order valence-electron chi connectivity index (χ2n) is 3.18. The highest BCUT2D eigenvalue weighted by atomic mass is 79.9. The molecule has 1 aromatic heterocycles. The second-order valence-corrected chi connectivity index (χ2v) is 4.10. The number of hydrogen-bond donors (Lipinski definition) is 0. The zero-order valence-corrected chi connectivity index (χ0v) is 9.86. The SMILES string of the molecule is Cc1cccnc1Oc1cccc(Br)c1. The Labute approximate surface area is 97.1 Å². The largest absolute Gasteiger partial charge is 0.439 e. The van der Waals surface area contributed by atoms with Gasteiger partial charge in [-0.15, -0.1) is 0 Å². The Hall–Kier alpha value is -1.35. The molecule has 0 spiro atoms. The zero-order valence-electron chi connectivity index (χ0n) is 8.27. The van der Waals surface area contributed by atoms with Crippen LogP contribution in [-0.2, 0) is 0 Å². The fourth-order valence-corrected chi connectivity index (χ4v) is 1.60. The summed E-state index contributed by atoms with van der Waals surface area (Å²) in [6.45, 7) is 1.97. The third-order valence-electron chi connectivity index (χ3n) is 1.97. The first-order valence-electron chi connectivity index (χ1n) is 4.61. The molecule has 0 radical (unpaired) electrons. The highest BCUT2D eigenvalue weighted by Gasteiger charge is 2.01. The number of aryl methyl sites for hydroxylation is 1. The minimum Gasteiger partial charge on any atom is -0.439 e. The van der Waals surface area contributed by atoms with Crippen LogP contribution in [0.2, 0.25) is 0 Å². The van der Waals surface area contributed by atoms with Gasteiger partial charge in [0.2, 0.25) is 5.88 Å². The van der Waals surface area contributed by atoms with Crippen molar-refractivity contribution in [3.05, 3.63) is 52.6 Å². The van der Waals surface area contributed by atoms with Crippen molar-refractivity contribution in [3.63, 3.8) is 0 Å². The van der Waals surface area contributed by atoms with Gasteiger partial charge in [0.25, 0.3) is 0 Å². The van der Waals surface area contributed by atoms with E-state index in [9.17, 15) is 0 Å². The normalized spacial score (nSPS) is 10.0. The first-order chi connectivity index (χ1) is 7.25. The third kappa shape index (κ3) is 2.57. The van der Waals surface area contributed by atoms with Crippen molar-refractivity contribution in [3.8, 4) is 11.6 Å². The summed E-state index contributed by atoms with van der Waals surface area (Å²) in [4.78, 5) is 4.17. The molecule has 0 bridgehead atoms. The fourth-order valence-electron chi connectivity index (χ4n) is 1.22. The lowest BCUT2D eigenvalue weighted by Gasteiger charge is -2.06. The number of aromatic nitrogens is 1. The zero-order chi connectivity index (χ0) is 10.7. The maximum absolute atomic E-state index is 5.65. The Morgan fingerprint density at radius 2 is 2.07 bits per heavy atom. The number of hydrogen-bond acceptors (Lipinski definition) is 2. The van der Waals surface area contributed by atoms with E-state index >= 15 is 0 Å². The van der Waals surface area contributed by atoms with Gasteiger partial charge in [-0.3, -0.25) is 0 Å². The van der Waals surface area contributed by atoms with E-state index in [1.54, 1.807) is 6.20 Å². The average molecular weight is 264 g/mol. The molecule has 0 aliphatic heterocycles. The van der Waals surface area contributed by atoms with Gasteiger partial charge in [-0.1, -0.05) is 28.1 Å². The Kier molecular flexibility index (Phi) is 3.02. The Morgan fingerprint density at radius 1 is 1.20 bits per heavy atom. The Balaban J connectivity index is 2.26. The highest BCUT2D eigenvalue weighted by Crippen LogP contribution is 2.24. The standard InChI is InChI=1S/C12H10BrNO/c1-9-4-3-7-14-12(9)15-11-6-2-5-10(13)8-11/h2-8H,1H3. The summed E-state index contributed by atoms with van der Waals surface area (Å²) < 4.78 is 6.64. The van der Waals surface area contributed by atoms with Gasteiger partial charge in [-0.05, 0) is 31.2 Å². The molecule has 0 aliphatic rings. The molecule has 0 saturated carbocycles. The molecule has 1 heterocycles. The summed E-state index contributed by atoms with van der Waals surface area (Å²) in [7, 11) is 0. The van der Waals surface area contributed by atoms with Crippen molar-refractivity contribution in [2.45, 2.75) is 6.92 Å². The lowest BCUT2D eigenvalue weighted by Crippen LogP contribution is -1.89. The highest BCUT2D eigenvalue weighted by molar-refractivity contribution is 9.10.